The molecule has 7 nitrogen and oxygen atoms in total. The number of hydrogen-bond donors (Lipinski definition) is 2. The highest BCUT2D eigenvalue weighted by atomic mass is 19.1. The minimum absolute atomic E-state index is 0.217. The Bertz CT molecular complexity index is 1240. The maximum absolute atomic E-state index is 13.4. The zero-order chi connectivity index (χ0) is 27.5. The van der Waals surface area contributed by atoms with Gasteiger partial charge in [0.15, 0.2) is 0 Å². The molecule has 0 aromatic heterocycles. The summed E-state index contributed by atoms with van der Waals surface area (Å²) in [4.78, 5) is 9.21. The Hall–Kier alpha value is -3.17. The first-order valence-corrected chi connectivity index (χ1v) is 13.8. The van der Waals surface area contributed by atoms with Gasteiger partial charge in [0, 0.05) is 55.7 Å². The molecular formula is C31H41FN6O. The maximum Gasteiger partial charge on any atom is 0.136 e. The number of fused-ring (bicyclic) bond motifs is 1. The lowest BCUT2D eigenvalue weighted by Crippen LogP contribution is -2.64. The number of anilines is 2. The van der Waals surface area contributed by atoms with Gasteiger partial charge in [-0.15, -0.1) is 0 Å². The molecule has 0 amide bonds. The predicted molar refractivity (Wildman–Crippen MR) is 156 cm³/mol. The molecule has 0 saturated carbocycles. The fourth-order valence-electron chi connectivity index (χ4n) is 6.15. The third kappa shape index (κ3) is 5.75. The first kappa shape index (κ1) is 27.4. The molecule has 2 heterocycles. The van der Waals surface area contributed by atoms with E-state index >= 15 is 0 Å². The van der Waals surface area contributed by atoms with Gasteiger partial charge in [-0.25, -0.2) is 9.29 Å². The zero-order valence-electron chi connectivity index (χ0n) is 23.3. The predicted octanol–water partition coefficient (Wildman–Crippen LogP) is 4.13. The van der Waals surface area contributed by atoms with Crippen molar-refractivity contribution in [2.24, 2.45) is 11.5 Å². The van der Waals surface area contributed by atoms with Crippen LogP contribution in [0.4, 0.5) is 15.8 Å². The van der Waals surface area contributed by atoms with E-state index in [1.54, 1.807) is 7.11 Å². The van der Waals surface area contributed by atoms with Crippen molar-refractivity contribution in [1.29, 1.82) is 0 Å². The number of likely N-dealkylation sites (tertiary alicyclic amines) is 1. The largest absolute Gasteiger partial charge is 0.496 e. The van der Waals surface area contributed by atoms with Gasteiger partial charge in [-0.3, -0.25) is 10.6 Å². The van der Waals surface area contributed by atoms with E-state index in [1.165, 1.54) is 23.4 Å². The van der Waals surface area contributed by atoms with Gasteiger partial charge in [0.25, 0.3) is 0 Å². The molecule has 2 atom stereocenters. The van der Waals surface area contributed by atoms with Gasteiger partial charge in [0.1, 0.15) is 17.9 Å². The van der Waals surface area contributed by atoms with Gasteiger partial charge in [-0.2, -0.15) is 0 Å². The first-order chi connectivity index (χ1) is 18.9. The monoisotopic (exact) mass is 532 g/mol. The second-order valence-electron chi connectivity index (χ2n) is 10.8. The number of piperidine rings is 1. The topological polar surface area (TPSA) is 74.2 Å². The number of ether oxygens (including phenoxy) is 1. The van der Waals surface area contributed by atoms with Crippen LogP contribution in [0.15, 0.2) is 66.7 Å². The second kappa shape index (κ2) is 11.9. The van der Waals surface area contributed by atoms with E-state index in [4.69, 9.17) is 16.2 Å². The Kier molecular flexibility index (Phi) is 8.37. The lowest BCUT2D eigenvalue weighted by Gasteiger charge is -2.51. The van der Waals surface area contributed by atoms with E-state index < -0.39 is 0 Å². The third-order valence-electron chi connectivity index (χ3n) is 8.24. The lowest BCUT2D eigenvalue weighted by atomic mass is 9.97. The van der Waals surface area contributed by atoms with Crippen LogP contribution in [0, 0.1) is 5.82 Å². The summed E-state index contributed by atoms with van der Waals surface area (Å²) >= 11 is 0. The molecule has 3 aromatic rings. The van der Waals surface area contributed by atoms with Crippen molar-refractivity contribution in [1.82, 2.24) is 9.80 Å². The van der Waals surface area contributed by atoms with E-state index in [0.29, 0.717) is 0 Å². The summed E-state index contributed by atoms with van der Waals surface area (Å²) in [5.74, 6) is 0.711. The summed E-state index contributed by atoms with van der Waals surface area (Å²) in [6, 6.07) is 21.5. The summed E-state index contributed by atoms with van der Waals surface area (Å²) in [6.07, 6.45) is 2.16. The van der Waals surface area contributed by atoms with Crippen LogP contribution in [-0.4, -0.2) is 63.0 Å². The van der Waals surface area contributed by atoms with Gasteiger partial charge in [-0.05, 0) is 68.2 Å². The van der Waals surface area contributed by atoms with Gasteiger partial charge in [-0.1, -0.05) is 36.4 Å². The summed E-state index contributed by atoms with van der Waals surface area (Å²) in [7, 11) is 5.88. The minimum Gasteiger partial charge on any atom is -0.496 e. The van der Waals surface area contributed by atoms with E-state index in [1.807, 2.05) is 36.4 Å². The molecule has 2 unspecified atom stereocenters. The average molecular weight is 533 g/mol. The number of hydrogen-bond acceptors (Lipinski definition) is 7. The number of nitrogens with zero attached hydrogens (tertiary/aromatic N) is 4. The van der Waals surface area contributed by atoms with Crippen molar-refractivity contribution in [2.45, 2.75) is 44.3 Å². The number of halogens is 1. The van der Waals surface area contributed by atoms with Gasteiger partial charge < -0.3 is 20.3 Å². The van der Waals surface area contributed by atoms with E-state index in [2.05, 4.69) is 51.9 Å². The Morgan fingerprint density at radius 1 is 0.949 bits per heavy atom. The molecule has 39 heavy (non-hydrogen) atoms. The van der Waals surface area contributed by atoms with Crippen molar-refractivity contribution < 1.29 is 9.13 Å². The zero-order valence-corrected chi connectivity index (χ0v) is 23.3. The Labute approximate surface area is 231 Å². The Balaban J connectivity index is 1.30. The summed E-state index contributed by atoms with van der Waals surface area (Å²) < 4.78 is 19.1. The van der Waals surface area contributed by atoms with Crippen molar-refractivity contribution in [3.63, 3.8) is 0 Å². The number of benzene rings is 3. The Morgan fingerprint density at radius 2 is 1.67 bits per heavy atom. The van der Waals surface area contributed by atoms with Crippen LogP contribution in [0.25, 0.3) is 0 Å². The molecule has 0 spiro atoms. The van der Waals surface area contributed by atoms with Gasteiger partial charge >= 0.3 is 0 Å². The van der Waals surface area contributed by atoms with Gasteiger partial charge in [0.2, 0.25) is 0 Å². The highest BCUT2D eigenvalue weighted by molar-refractivity contribution is 5.59. The molecule has 0 radical (unpaired) electrons. The molecular weight excluding hydrogens is 491 g/mol. The smallest absolute Gasteiger partial charge is 0.136 e. The second-order valence-corrected chi connectivity index (χ2v) is 10.8. The minimum atomic E-state index is -0.332. The molecule has 2 aliphatic rings. The highest BCUT2D eigenvalue weighted by Gasteiger charge is 2.40. The van der Waals surface area contributed by atoms with E-state index in [9.17, 15) is 4.39 Å². The number of methoxy groups -OCH3 is 1. The average Bonchev–Trinajstić information content (AvgIpc) is 2.95. The van der Waals surface area contributed by atoms with Crippen LogP contribution in [0.3, 0.4) is 0 Å². The molecule has 4 N–H and O–H groups in total. The third-order valence-corrected chi connectivity index (χ3v) is 8.24. The van der Waals surface area contributed by atoms with Crippen LogP contribution in [0.1, 0.15) is 35.7 Å². The first-order valence-electron chi connectivity index (χ1n) is 13.8. The quantitative estimate of drug-likeness (QED) is 0.452. The van der Waals surface area contributed by atoms with Crippen LogP contribution in [0.5, 0.6) is 5.75 Å². The normalized spacial score (nSPS) is 20.6. The lowest BCUT2D eigenvalue weighted by molar-refractivity contribution is 0.0286. The summed E-state index contributed by atoms with van der Waals surface area (Å²) in [5.41, 5.74) is 19.5. The van der Waals surface area contributed by atoms with Crippen molar-refractivity contribution in [3.05, 3.63) is 89.2 Å². The number of rotatable bonds is 8. The highest BCUT2D eigenvalue weighted by Crippen LogP contribution is 2.38. The molecule has 3 aromatic carbocycles. The molecule has 1 saturated heterocycles. The van der Waals surface area contributed by atoms with Crippen molar-refractivity contribution >= 4 is 11.4 Å². The maximum atomic E-state index is 13.4. The van der Waals surface area contributed by atoms with Crippen LogP contribution < -0.4 is 26.0 Å². The van der Waals surface area contributed by atoms with Crippen molar-refractivity contribution in [2.75, 3.05) is 50.6 Å². The Morgan fingerprint density at radius 3 is 2.36 bits per heavy atom. The standard InChI is InChI=1S/C31H41FN6O/c1-35(2)27-9-6-10-29(39-3)26(27)21-36-18-16-24(17-19-36)38-30(33)25-7-4-5-8-28(25)37(31(38)34)20-15-22-11-13-23(32)14-12-22/h4-14,24,30-31H,15-21,33-34H2,1-3H3. The van der Waals surface area contributed by atoms with Crippen molar-refractivity contribution in [3.8, 4) is 5.75 Å². The summed E-state index contributed by atoms with van der Waals surface area (Å²) in [6.45, 7) is 3.49. The molecule has 5 rings (SSSR count). The fourth-order valence-corrected chi connectivity index (χ4v) is 6.15. The molecule has 208 valence electrons. The van der Waals surface area contributed by atoms with E-state index in [-0.39, 0.29) is 24.3 Å². The van der Waals surface area contributed by atoms with Crippen LogP contribution in [0.2, 0.25) is 0 Å². The molecule has 8 heteroatoms. The van der Waals surface area contributed by atoms with E-state index in [0.717, 1.165) is 68.0 Å². The van der Waals surface area contributed by atoms with Crippen LogP contribution >= 0.6 is 0 Å². The number of para-hydroxylation sites is 1. The fraction of sp³-hybridized carbons (Fsp3) is 0.419. The number of nitrogens with two attached hydrogens (primary N) is 2. The molecule has 0 bridgehead atoms. The molecule has 0 aliphatic carbocycles. The molecule has 1 fully saturated rings. The van der Waals surface area contributed by atoms with Gasteiger partial charge in [0.05, 0.1) is 13.3 Å². The molecule has 2 aliphatic heterocycles. The SMILES string of the molecule is COc1cccc(N(C)C)c1CN1CCC(N2C(N)c3ccccc3N(CCc3ccc(F)cc3)C2N)CC1. The van der Waals surface area contributed by atoms with Crippen LogP contribution in [-0.2, 0) is 13.0 Å². The summed E-state index contributed by atoms with van der Waals surface area (Å²) in [5, 5.41) is 0.